The quantitative estimate of drug-likeness (QED) is 0.795. The third-order valence-electron chi connectivity index (χ3n) is 2.27. The van der Waals surface area contributed by atoms with Crippen molar-refractivity contribution >= 4 is 15.7 Å². The minimum atomic E-state index is -3.52. The lowest BCUT2D eigenvalue weighted by Gasteiger charge is -2.21. The van der Waals surface area contributed by atoms with Crippen LogP contribution in [0.1, 0.15) is 31.9 Å². The van der Waals surface area contributed by atoms with Crippen LogP contribution in [0.4, 0.5) is 5.69 Å². The van der Waals surface area contributed by atoms with E-state index in [9.17, 15) is 8.42 Å². The number of rotatable bonds is 2. The molecule has 0 atom stereocenters. The molecule has 0 spiro atoms. The van der Waals surface area contributed by atoms with Gasteiger partial charge in [0.05, 0.1) is 4.90 Å². The number of sulfonamides is 1. The first-order chi connectivity index (χ1) is 7.53. The molecule has 0 bridgehead atoms. The summed E-state index contributed by atoms with van der Waals surface area (Å²) >= 11 is 0. The van der Waals surface area contributed by atoms with Crippen molar-refractivity contribution < 1.29 is 8.42 Å². The van der Waals surface area contributed by atoms with Crippen molar-refractivity contribution in [2.45, 2.75) is 45.1 Å². The second-order valence-corrected chi connectivity index (χ2v) is 6.98. The Labute approximate surface area is 103 Å². The zero-order chi connectivity index (χ0) is 13.4. The molecular formula is C12H20N2O2S. The van der Waals surface area contributed by atoms with Gasteiger partial charge in [-0.1, -0.05) is 0 Å². The molecule has 1 aromatic carbocycles. The normalized spacial score (nSPS) is 12.8. The molecule has 17 heavy (non-hydrogen) atoms. The van der Waals surface area contributed by atoms with E-state index >= 15 is 0 Å². The fraction of sp³-hybridized carbons (Fsp3) is 0.500. The van der Waals surface area contributed by atoms with Crippen molar-refractivity contribution in [2.24, 2.45) is 0 Å². The van der Waals surface area contributed by atoms with Gasteiger partial charge in [-0.25, -0.2) is 13.1 Å². The number of nitrogens with two attached hydrogens (primary N) is 1. The van der Waals surface area contributed by atoms with Crippen molar-refractivity contribution in [1.29, 1.82) is 0 Å². The Bertz CT molecular complexity index is 528. The molecule has 0 aliphatic carbocycles. The summed E-state index contributed by atoms with van der Waals surface area (Å²) in [5.74, 6) is 0. The van der Waals surface area contributed by atoms with Gasteiger partial charge in [-0.3, -0.25) is 0 Å². The molecule has 1 rings (SSSR count). The minimum Gasteiger partial charge on any atom is -0.398 e. The first kappa shape index (κ1) is 14.0. The molecule has 0 aromatic heterocycles. The molecule has 5 heteroatoms. The second-order valence-electron chi connectivity index (χ2n) is 5.33. The minimum absolute atomic E-state index is 0.255. The summed E-state index contributed by atoms with van der Waals surface area (Å²) in [7, 11) is -3.52. The predicted octanol–water partition coefficient (Wildman–Crippen LogP) is 1.96. The topological polar surface area (TPSA) is 72.2 Å². The van der Waals surface area contributed by atoms with E-state index in [0.29, 0.717) is 11.3 Å². The van der Waals surface area contributed by atoms with Gasteiger partial charge >= 0.3 is 0 Å². The zero-order valence-corrected chi connectivity index (χ0v) is 11.8. The van der Waals surface area contributed by atoms with Crippen LogP contribution in [-0.4, -0.2) is 14.0 Å². The molecule has 0 heterocycles. The summed E-state index contributed by atoms with van der Waals surface area (Å²) in [5, 5.41) is 0. The van der Waals surface area contributed by atoms with Crippen LogP contribution in [-0.2, 0) is 10.0 Å². The Morgan fingerprint density at radius 1 is 1.18 bits per heavy atom. The van der Waals surface area contributed by atoms with Crippen LogP contribution >= 0.6 is 0 Å². The Morgan fingerprint density at radius 3 is 2.18 bits per heavy atom. The van der Waals surface area contributed by atoms with Gasteiger partial charge in [0.15, 0.2) is 0 Å². The smallest absolute Gasteiger partial charge is 0.241 e. The first-order valence-corrected chi connectivity index (χ1v) is 6.92. The summed E-state index contributed by atoms with van der Waals surface area (Å²) in [6.45, 7) is 8.95. The molecule has 4 nitrogen and oxygen atoms in total. The van der Waals surface area contributed by atoms with E-state index in [4.69, 9.17) is 5.73 Å². The molecule has 0 radical (unpaired) electrons. The zero-order valence-electron chi connectivity index (χ0n) is 11.0. The average Bonchev–Trinajstić information content (AvgIpc) is 2.06. The van der Waals surface area contributed by atoms with Crippen LogP contribution in [0.15, 0.2) is 17.0 Å². The highest BCUT2D eigenvalue weighted by Crippen LogP contribution is 2.23. The van der Waals surface area contributed by atoms with E-state index in [2.05, 4.69) is 4.72 Å². The number of hydrogen-bond acceptors (Lipinski definition) is 3. The molecule has 0 saturated heterocycles. The highest BCUT2D eigenvalue weighted by molar-refractivity contribution is 7.89. The molecule has 3 N–H and O–H groups in total. The van der Waals surface area contributed by atoms with E-state index in [0.717, 1.165) is 5.56 Å². The first-order valence-electron chi connectivity index (χ1n) is 5.43. The Balaban J connectivity index is 3.34. The predicted molar refractivity (Wildman–Crippen MR) is 70.4 cm³/mol. The lowest BCUT2D eigenvalue weighted by atomic mass is 10.1. The van der Waals surface area contributed by atoms with Gasteiger partial charge in [0.25, 0.3) is 0 Å². The number of nitrogens with one attached hydrogen (secondary N) is 1. The SMILES string of the molecule is Cc1cc(N)c(C)c(S(=O)(=O)NC(C)(C)C)c1. The molecule has 96 valence electrons. The summed E-state index contributed by atoms with van der Waals surface area (Å²) in [4.78, 5) is 0.255. The van der Waals surface area contributed by atoms with Gasteiger partial charge in [0.2, 0.25) is 10.0 Å². The lowest BCUT2D eigenvalue weighted by Crippen LogP contribution is -2.40. The van der Waals surface area contributed by atoms with Gasteiger partial charge < -0.3 is 5.73 Å². The monoisotopic (exact) mass is 256 g/mol. The molecule has 0 unspecified atom stereocenters. The van der Waals surface area contributed by atoms with Gasteiger partial charge in [-0.05, 0) is 57.9 Å². The summed E-state index contributed by atoms with van der Waals surface area (Å²) in [6, 6.07) is 3.41. The number of benzene rings is 1. The molecule has 0 aliphatic heterocycles. The van der Waals surface area contributed by atoms with E-state index in [1.165, 1.54) is 0 Å². The third kappa shape index (κ3) is 3.44. The van der Waals surface area contributed by atoms with Gasteiger partial charge in [-0.2, -0.15) is 0 Å². The molecular weight excluding hydrogens is 236 g/mol. The standard InChI is InChI=1S/C12H20N2O2S/c1-8-6-10(13)9(2)11(7-8)17(15,16)14-12(3,4)5/h6-7,14H,13H2,1-5H3. The van der Waals surface area contributed by atoms with Crippen molar-refractivity contribution in [2.75, 3.05) is 5.73 Å². The number of anilines is 1. The highest BCUT2D eigenvalue weighted by Gasteiger charge is 2.24. The van der Waals surface area contributed by atoms with Crippen LogP contribution in [0.2, 0.25) is 0 Å². The van der Waals surface area contributed by atoms with Crippen molar-refractivity contribution in [3.05, 3.63) is 23.3 Å². The van der Waals surface area contributed by atoms with Crippen LogP contribution in [0.5, 0.6) is 0 Å². The molecule has 0 amide bonds. The fourth-order valence-electron chi connectivity index (χ4n) is 1.59. The molecule has 0 aliphatic rings. The third-order valence-corrected chi connectivity index (χ3v) is 4.16. The fourth-order valence-corrected chi connectivity index (χ4v) is 3.37. The lowest BCUT2D eigenvalue weighted by molar-refractivity contribution is 0.491. The van der Waals surface area contributed by atoms with Gasteiger partial charge in [0.1, 0.15) is 0 Å². The number of hydrogen-bond donors (Lipinski definition) is 2. The van der Waals surface area contributed by atoms with Gasteiger partial charge in [-0.15, -0.1) is 0 Å². The van der Waals surface area contributed by atoms with E-state index in [-0.39, 0.29) is 4.90 Å². The van der Waals surface area contributed by atoms with Crippen molar-refractivity contribution in [3.63, 3.8) is 0 Å². The van der Waals surface area contributed by atoms with Crippen LogP contribution < -0.4 is 10.5 Å². The molecule has 0 saturated carbocycles. The molecule has 0 fully saturated rings. The van der Waals surface area contributed by atoms with Crippen LogP contribution in [0.25, 0.3) is 0 Å². The van der Waals surface area contributed by atoms with E-state index in [1.807, 2.05) is 6.92 Å². The van der Waals surface area contributed by atoms with Crippen molar-refractivity contribution in [1.82, 2.24) is 4.72 Å². The number of aryl methyl sites for hydroxylation is 1. The van der Waals surface area contributed by atoms with Crippen LogP contribution in [0.3, 0.4) is 0 Å². The Kier molecular flexibility index (Phi) is 3.55. The second kappa shape index (κ2) is 4.31. The summed E-state index contributed by atoms with van der Waals surface area (Å²) in [5.41, 5.74) is 7.20. The maximum Gasteiger partial charge on any atom is 0.241 e. The van der Waals surface area contributed by atoms with E-state index < -0.39 is 15.6 Å². The number of nitrogen functional groups attached to an aromatic ring is 1. The van der Waals surface area contributed by atoms with Crippen molar-refractivity contribution in [3.8, 4) is 0 Å². The van der Waals surface area contributed by atoms with Crippen LogP contribution in [0, 0.1) is 13.8 Å². The summed E-state index contributed by atoms with van der Waals surface area (Å²) in [6.07, 6.45) is 0. The van der Waals surface area contributed by atoms with E-state index in [1.54, 1.807) is 39.8 Å². The highest BCUT2D eigenvalue weighted by atomic mass is 32.2. The summed E-state index contributed by atoms with van der Waals surface area (Å²) < 4.78 is 27.0. The Hall–Kier alpha value is -1.07. The Morgan fingerprint density at radius 2 is 1.71 bits per heavy atom. The molecule has 1 aromatic rings. The maximum atomic E-state index is 12.2. The van der Waals surface area contributed by atoms with Gasteiger partial charge in [0, 0.05) is 11.2 Å². The maximum absolute atomic E-state index is 12.2. The average molecular weight is 256 g/mol. The largest absolute Gasteiger partial charge is 0.398 e.